The van der Waals surface area contributed by atoms with Crippen LogP contribution in [0.3, 0.4) is 0 Å². The van der Waals surface area contributed by atoms with Crippen LogP contribution in [0, 0.1) is 18.8 Å². The fraction of sp³-hybridized carbons (Fsp3) is 0.364. The van der Waals surface area contributed by atoms with E-state index >= 15 is 0 Å². The number of hydrogen-bond donors (Lipinski definition) is 1. The van der Waals surface area contributed by atoms with Gasteiger partial charge in [0.1, 0.15) is 11.3 Å². The Morgan fingerprint density at radius 2 is 2.08 bits per heavy atom. The monoisotopic (exact) mass is 175 g/mol. The zero-order valence-electron chi connectivity index (χ0n) is 8.13. The van der Waals surface area contributed by atoms with Crippen molar-refractivity contribution >= 4 is 0 Å². The zero-order chi connectivity index (χ0) is 9.90. The minimum atomic E-state index is -0.952. The van der Waals surface area contributed by atoms with Gasteiger partial charge in [-0.05, 0) is 38.3 Å². The van der Waals surface area contributed by atoms with Crippen molar-refractivity contribution in [1.29, 1.82) is 0 Å². The van der Waals surface area contributed by atoms with Gasteiger partial charge >= 0.3 is 0 Å². The van der Waals surface area contributed by atoms with Crippen molar-refractivity contribution in [2.75, 3.05) is 0 Å². The molecule has 0 aliphatic rings. The highest BCUT2D eigenvalue weighted by atomic mass is 16.3. The van der Waals surface area contributed by atoms with Crippen molar-refractivity contribution in [3.63, 3.8) is 0 Å². The van der Waals surface area contributed by atoms with Crippen LogP contribution in [0.4, 0.5) is 0 Å². The molecule has 0 atom stereocenters. The standard InChI is InChI=1S/C11H13NO/c1-9-4-5-10(12-8-9)6-7-11(2,3)13/h4-5,8,13H,1-3H3. The van der Waals surface area contributed by atoms with Gasteiger partial charge in [0, 0.05) is 6.20 Å². The van der Waals surface area contributed by atoms with Crippen LogP contribution < -0.4 is 0 Å². The minimum absolute atomic E-state index is 0.688. The first-order valence-electron chi connectivity index (χ1n) is 4.15. The van der Waals surface area contributed by atoms with E-state index in [4.69, 9.17) is 0 Å². The van der Waals surface area contributed by atoms with E-state index in [9.17, 15) is 5.11 Å². The molecule has 2 nitrogen and oxygen atoms in total. The van der Waals surface area contributed by atoms with Crippen LogP contribution in [0.2, 0.25) is 0 Å². The molecule has 68 valence electrons. The van der Waals surface area contributed by atoms with Gasteiger partial charge in [-0.2, -0.15) is 0 Å². The van der Waals surface area contributed by atoms with Crippen molar-refractivity contribution < 1.29 is 5.11 Å². The first kappa shape index (κ1) is 9.76. The third kappa shape index (κ3) is 3.73. The van der Waals surface area contributed by atoms with Gasteiger partial charge in [-0.3, -0.25) is 0 Å². The van der Waals surface area contributed by atoms with E-state index in [1.807, 2.05) is 19.1 Å². The third-order valence-corrected chi connectivity index (χ3v) is 1.41. The molecule has 0 bridgehead atoms. The van der Waals surface area contributed by atoms with Gasteiger partial charge < -0.3 is 5.11 Å². The summed E-state index contributed by atoms with van der Waals surface area (Å²) in [5.41, 5.74) is 0.841. The summed E-state index contributed by atoms with van der Waals surface area (Å²) in [5.74, 6) is 5.50. The van der Waals surface area contributed by atoms with Gasteiger partial charge in [-0.1, -0.05) is 12.0 Å². The molecule has 1 aromatic heterocycles. The largest absolute Gasteiger partial charge is 0.378 e. The van der Waals surface area contributed by atoms with Crippen LogP contribution in [-0.2, 0) is 0 Å². The predicted octanol–water partition coefficient (Wildman–Crippen LogP) is 1.51. The average Bonchev–Trinajstić information content (AvgIpc) is 2.02. The molecule has 0 radical (unpaired) electrons. The number of aliphatic hydroxyl groups is 1. The maximum absolute atomic E-state index is 9.33. The van der Waals surface area contributed by atoms with E-state index in [1.54, 1.807) is 20.0 Å². The van der Waals surface area contributed by atoms with Gasteiger partial charge in [-0.25, -0.2) is 4.98 Å². The van der Waals surface area contributed by atoms with Crippen LogP contribution in [0.1, 0.15) is 25.1 Å². The third-order valence-electron chi connectivity index (χ3n) is 1.41. The van der Waals surface area contributed by atoms with Gasteiger partial charge in [0.2, 0.25) is 0 Å². The normalized spacial score (nSPS) is 10.5. The first-order chi connectivity index (χ1) is 5.97. The molecule has 2 heteroatoms. The number of aryl methyl sites for hydroxylation is 1. The molecule has 0 saturated heterocycles. The first-order valence-corrected chi connectivity index (χ1v) is 4.15. The maximum Gasteiger partial charge on any atom is 0.120 e. The van der Waals surface area contributed by atoms with Crippen LogP contribution in [-0.4, -0.2) is 15.7 Å². The highest BCUT2D eigenvalue weighted by Crippen LogP contribution is 2.00. The highest BCUT2D eigenvalue weighted by Gasteiger charge is 2.05. The van der Waals surface area contributed by atoms with E-state index < -0.39 is 5.60 Å². The lowest BCUT2D eigenvalue weighted by Gasteiger charge is -2.05. The molecule has 0 spiro atoms. The Labute approximate surface area is 78.6 Å². The summed E-state index contributed by atoms with van der Waals surface area (Å²) >= 11 is 0. The summed E-state index contributed by atoms with van der Waals surface area (Å²) in [6.45, 7) is 5.27. The maximum atomic E-state index is 9.33. The van der Waals surface area contributed by atoms with E-state index in [0.717, 1.165) is 5.56 Å². The summed E-state index contributed by atoms with van der Waals surface area (Å²) in [6, 6.07) is 3.79. The Kier molecular flexibility index (Phi) is 2.69. The number of pyridine rings is 1. The Morgan fingerprint density at radius 3 is 2.54 bits per heavy atom. The molecule has 0 saturated carbocycles. The van der Waals surface area contributed by atoms with E-state index in [-0.39, 0.29) is 0 Å². The Balaban J connectivity index is 2.85. The average molecular weight is 175 g/mol. The Morgan fingerprint density at radius 1 is 1.38 bits per heavy atom. The number of hydrogen-bond acceptors (Lipinski definition) is 2. The molecule has 0 fully saturated rings. The second-order valence-electron chi connectivity index (χ2n) is 3.53. The van der Waals surface area contributed by atoms with Gasteiger partial charge in [0.05, 0.1) is 0 Å². The lowest BCUT2D eigenvalue weighted by Crippen LogP contribution is -2.14. The lowest BCUT2D eigenvalue weighted by molar-refractivity contribution is 0.143. The summed E-state index contributed by atoms with van der Waals surface area (Å²) < 4.78 is 0. The van der Waals surface area contributed by atoms with Gasteiger partial charge in [0.15, 0.2) is 0 Å². The molecule has 1 heterocycles. The molecular formula is C11H13NO. The van der Waals surface area contributed by atoms with E-state index in [1.165, 1.54) is 0 Å². The number of aromatic nitrogens is 1. The lowest BCUT2D eigenvalue weighted by atomic mass is 10.1. The molecule has 0 aromatic carbocycles. The van der Waals surface area contributed by atoms with Crippen LogP contribution in [0.5, 0.6) is 0 Å². The Hall–Kier alpha value is -1.33. The van der Waals surface area contributed by atoms with E-state index in [2.05, 4.69) is 16.8 Å². The van der Waals surface area contributed by atoms with Crippen LogP contribution in [0.15, 0.2) is 18.3 Å². The highest BCUT2D eigenvalue weighted by molar-refractivity contribution is 5.30. The number of nitrogens with zero attached hydrogens (tertiary/aromatic N) is 1. The fourth-order valence-electron chi connectivity index (χ4n) is 0.759. The van der Waals surface area contributed by atoms with Crippen LogP contribution >= 0.6 is 0 Å². The van der Waals surface area contributed by atoms with Crippen molar-refractivity contribution in [1.82, 2.24) is 4.98 Å². The second-order valence-corrected chi connectivity index (χ2v) is 3.53. The molecular weight excluding hydrogens is 162 g/mol. The molecule has 0 unspecified atom stereocenters. The van der Waals surface area contributed by atoms with Crippen molar-refractivity contribution in [3.8, 4) is 11.8 Å². The SMILES string of the molecule is Cc1ccc(C#CC(C)(C)O)nc1. The van der Waals surface area contributed by atoms with Crippen molar-refractivity contribution in [2.45, 2.75) is 26.4 Å². The summed E-state index contributed by atoms with van der Waals surface area (Å²) in [4.78, 5) is 4.10. The minimum Gasteiger partial charge on any atom is -0.378 e. The van der Waals surface area contributed by atoms with Gasteiger partial charge in [0.25, 0.3) is 0 Å². The topological polar surface area (TPSA) is 33.1 Å². The second kappa shape index (κ2) is 3.59. The molecule has 1 rings (SSSR count). The summed E-state index contributed by atoms with van der Waals surface area (Å²) in [7, 11) is 0. The molecule has 13 heavy (non-hydrogen) atoms. The van der Waals surface area contributed by atoms with E-state index in [0.29, 0.717) is 5.69 Å². The number of rotatable bonds is 0. The molecule has 0 aliphatic heterocycles. The quantitative estimate of drug-likeness (QED) is 0.606. The predicted molar refractivity (Wildman–Crippen MR) is 52.1 cm³/mol. The van der Waals surface area contributed by atoms with Gasteiger partial charge in [-0.15, -0.1) is 0 Å². The molecule has 1 N–H and O–H groups in total. The van der Waals surface area contributed by atoms with Crippen molar-refractivity contribution in [3.05, 3.63) is 29.6 Å². The fourth-order valence-corrected chi connectivity index (χ4v) is 0.759. The van der Waals surface area contributed by atoms with Crippen molar-refractivity contribution in [2.24, 2.45) is 0 Å². The molecule has 0 aliphatic carbocycles. The molecule has 1 aromatic rings. The van der Waals surface area contributed by atoms with Crippen LogP contribution in [0.25, 0.3) is 0 Å². The Bertz CT molecular complexity index is 335. The molecule has 0 amide bonds. The zero-order valence-corrected chi connectivity index (χ0v) is 8.13. The smallest absolute Gasteiger partial charge is 0.120 e. The summed E-state index contributed by atoms with van der Waals surface area (Å²) in [6.07, 6.45) is 1.76. The summed E-state index contributed by atoms with van der Waals surface area (Å²) in [5, 5.41) is 9.33.